The molecular formula is C14H18N4O2S. The molecule has 3 rings (SSSR count). The number of carbonyl (C=O) groups excluding carboxylic acids is 1. The molecule has 0 spiro atoms. The van der Waals surface area contributed by atoms with E-state index in [9.17, 15) is 10.1 Å². The van der Waals surface area contributed by atoms with Gasteiger partial charge in [-0.1, -0.05) is 0 Å². The van der Waals surface area contributed by atoms with Gasteiger partial charge in [-0.2, -0.15) is 5.26 Å². The van der Waals surface area contributed by atoms with Crippen LogP contribution in [0.25, 0.3) is 0 Å². The van der Waals surface area contributed by atoms with Gasteiger partial charge in [-0.25, -0.2) is 0 Å². The molecule has 1 saturated heterocycles. The van der Waals surface area contributed by atoms with Gasteiger partial charge in [0.2, 0.25) is 0 Å². The molecule has 1 aliphatic heterocycles. The van der Waals surface area contributed by atoms with Crippen LogP contribution in [0.3, 0.4) is 0 Å². The normalized spacial score (nSPS) is 18.9. The van der Waals surface area contributed by atoms with Gasteiger partial charge in [0.1, 0.15) is 21.5 Å². The lowest BCUT2D eigenvalue weighted by molar-refractivity contribution is 0.0956. The van der Waals surface area contributed by atoms with Crippen molar-refractivity contribution >= 4 is 27.9 Å². The summed E-state index contributed by atoms with van der Waals surface area (Å²) in [5.74, 6) is -0.158. The Labute approximate surface area is 127 Å². The SMILES string of the molecule is N#Cc1c(N2CCCOCC2)sc(C(=O)NC2CC2)c1N. The predicted molar refractivity (Wildman–Crippen MR) is 81.6 cm³/mol. The Morgan fingerprint density at radius 1 is 1.43 bits per heavy atom. The van der Waals surface area contributed by atoms with E-state index in [0.717, 1.165) is 44.0 Å². The third-order valence-corrected chi connectivity index (χ3v) is 4.93. The number of thiophene rings is 1. The topological polar surface area (TPSA) is 91.4 Å². The van der Waals surface area contributed by atoms with Gasteiger partial charge in [-0.15, -0.1) is 11.3 Å². The smallest absolute Gasteiger partial charge is 0.263 e. The van der Waals surface area contributed by atoms with Crippen molar-refractivity contribution in [1.29, 1.82) is 5.26 Å². The molecule has 21 heavy (non-hydrogen) atoms. The van der Waals surface area contributed by atoms with E-state index in [4.69, 9.17) is 10.5 Å². The van der Waals surface area contributed by atoms with E-state index < -0.39 is 0 Å². The van der Waals surface area contributed by atoms with Crippen LogP contribution in [0.2, 0.25) is 0 Å². The van der Waals surface area contributed by atoms with Gasteiger partial charge in [0.05, 0.1) is 12.3 Å². The van der Waals surface area contributed by atoms with Crippen molar-refractivity contribution in [1.82, 2.24) is 5.32 Å². The van der Waals surface area contributed by atoms with Crippen LogP contribution in [0.5, 0.6) is 0 Å². The van der Waals surface area contributed by atoms with Crippen LogP contribution in [0.4, 0.5) is 10.7 Å². The summed E-state index contributed by atoms with van der Waals surface area (Å²) in [5.41, 5.74) is 6.75. The zero-order valence-corrected chi connectivity index (χ0v) is 12.5. The Morgan fingerprint density at radius 3 is 2.95 bits per heavy atom. The first-order valence-electron chi connectivity index (χ1n) is 7.16. The summed E-state index contributed by atoms with van der Waals surface area (Å²) in [6.45, 7) is 2.90. The zero-order chi connectivity index (χ0) is 14.8. The minimum absolute atomic E-state index is 0.158. The second kappa shape index (κ2) is 5.92. The molecule has 0 aromatic carbocycles. The Bertz CT molecular complexity index is 581. The van der Waals surface area contributed by atoms with Gasteiger partial charge in [0.15, 0.2) is 0 Å². The molecule has 2 heterocycles. The largest absolute Gasteiger partial charge is 0.396 e. The maximum atomic E-state index is 12.2. The molecule has 0 unspecified atom stereocenters. The van der Waals surface area contributed by atoms with Crippen molar-refractivity contribution in [2.45, 2.75) is 25.3 Å². The Kier molecular flexibility index (Phi) is 3.99. The highest BCUT2D eigenvalue weighted by atomic mass is 32.1. The fraction of sp³-hybridized carbons (Fsp3) is 0.571. The third kappa shape index (κ3) is 2.96. The molecular weight excluding hydrogens is 288 g/mol. The van der Waals surface area contributed by atoms with E-state index in [1.807, 2.05) is 0 Å². The van der Waals surface area contributed by atoms with Gasteiger partial charge in [0.25, 0.3) is 5.91 Å². The molecule has 6 nitrogen and oxygen atoms in total. The third-order valence-electron chi connectivity index (χ3n) is 3.67. The number of rotatable bonds is 3. The molecule has 3 N–H and O–H groups in total. The van der Waals surface area contributed by atoms with Gasteiger partial charge in [0, 0.05) is 25.7 Å². The fourth-order valence-corrected chi connectivity index (χ4v) is 3.48. The van der Waals surface area contributed by atoms with Crippen LogP contribution in [-0.4, -0.2) is 38.3 Å². The number of amides is 1. The second-order valence-corrected chi connectivity index (χ2v) is 6.34. The number of carbonyl (C=O) groups is 1. The highest BCUT2D eigenvalue weighted by molar-refractivity contribution is 7.19. The van der Waals surface area contributed by atoms with Crippen LogP contribution in [-0.2, 0) is 4.74 Å². The monoisotopic (exact) mass is 306 g/mol. The summed E-state index contributed by atoms with van der Waals surface area (Å²) in [5, 5.41) is 13.1. The molecule has 0 radical (unpaired) electrons. The first-order valence-corrected chi connectivity index (χ1v) is 7.98. The number of hydrogen-bond donors (Lipinski definition) is 2. The van der Waals surface area contributed by atoms with Gasteiger partial charge >= 0.3 is 0 Å². The van der Waals surface area contributed by atoms with E-state index in [0.29, 0.717) is 22.7 Å². The number of nitriles is 1. The first-order chi connectivity index (χ1) is 10.2. The standard InChI is InChI=1S/C14H18N4O2S/c15-8-10-11(16)12(13(19)17-9-2-3-9)21-14(10)18-4-1-6-20-7-5-18/h9H,1-7,16H2,(H,17,19). The van der Waals surface area contributed by atoms with Gasteiger partial charge < -0.3 is 20.7 Å². The maximum absolute atomic E-state index is 12.2. The van der Waals surface area contributed by atoms with Gasteiger partial charge in [-0.05, 0) is 19.3 Å². The first kappa shape index (κ1) is 14.2. The summed E-state index contributed by atoms with van der Waals surface area (Å²) < 4.78 is 5.43. The summed E-state index contributed by atoms with van der Waals surface area (Å²) in [4.78, 5) is 14.8. The summed E-state index contributed by atoms with van der Waals surface area (Å²) in [6.07, 6.45) is 2.96. The highest BCUT2D eigenvalue weighted by Gasteiger charge is 2.29. The van der Waals surface area contributed by atoms with Crippen molar-refractivity contribution in [3.63, 3.8) is 0 Å². The quantitative estimate of drug-likeness (QED) is 0.879. The average molecular weight is 306 g/mol. The lowest BCUT2D eigenvalue weighted by atomic mass is 10.2. The number of nitrogens with two attached hydrogens (primary N) is 1. The molecule has 1 aromatic heterocycles. The van der Waals surface area contributed by atoms with E-state index in [1.165, 1.54) is 11.3 Å². The van der Waals surface area contributed by atoms with Crippen molar-refractivity contribution < 1.29 is 9.53 Å². The van der Waals surface area contributed by atoms with Crippen LogP contribution < -0.4 is 16.0 Å². The molecule has 112 valence electrons. The Hall–Kier alpha value is -1.78. The fourth-order valence-electron chi connectivity index (χ4n) is 2.36. The van der Waals surface area contributed by atoms with Crippen molar-refractivity contribution in [2.75, 3.05) is 36.9 Å². The molecule has 2 aliphatic rings. The lowest BCUT2D eigenvalue weighted by Gasteiger charge is -2.20. The predicted octanol–water partition coefficient (Wildman–Crippen LogP) is 1.32. The second-order valence-electron chi connectivity index (χ2n) is 5.34. The van der Waals surface area contributed by atoms with Crippen molar-refractivity contribution in [3.8, 4) is 6.07 Å². The van der Waals surface area contributed by atoms with Crippen molar-refractivity contribution in [2.24, 2.45) is 0 Å². The Morgan fingerprint density at radius 2 is 2.24 bits per heavy atom. The number of nitrogens with one attached hydrogen (secondary N) is 1. The number of nitrogen functional groups attached to an aromatic ring is 1. The molecule has 1 saturated carbocycles. The van der Waals surface area contributed by atoms with Crippen LogP contribution in [0.1, 0.15) is 34.5 Å². The highest BCUT2D eigenvalue weighted by Crippen LogP contribution is 2.38. The number of nitrogens with zero attached hydrogens (tertiary/aromatic N) is 2. The summed E-state index contributed by atoms with van der Waals surface area (Å²) >= 11 is 1.32. The maximum Gasteiger partial charge on any atom is 0.263 e. The van der Waals surface area contributed by atoms with E-state index in [2.05, 4.69) is 16.3 Å². The van der Waals surface area contributed by atoms with E-state index in [-0.39, 0.29) is 11.9 Å². The molecule has 1 aliphatic carbocycles. The van der Waals surface area contributed by atoms with E-state index >= 15 is 0 Å². The number of anilines is 2. The lowest BCUT2D eigenvalue weighted by Crippen LogP contribution is -2.25. The summed E-state index contributed by atoms with van der Waals surface area (Å²) in [6, 6.07) is 2.43. The minimum atomic E-state index is -0.158. The minimum Gasteiger partial charge on any atom is -0.396 e. The molecule has 1 amide bonds. The molecule has 1 aromatic rings. The van der Waals surface area contributed by atoms with Crippen LogP contribution >= 0.6 is 11.3 Å². The molecule has 0 atom stereocenters. The van der Waals surface area contributed by atoms with Crippen molar-refractivity contribution in [3.05, 3.63) is 10.4 Å². The summed E-state index contributed by atoms with van der Waals surface area (Å²) in [7, 11) is 0. The zero-order valence-electron chi connectivity index (χ0n) is 11.7. The number of ether oxygens (including phenoxy) is 1. The Balaban J connectivity index is 1.88. The van der Waals surface area contributed by atoms with Crippen LogP contribution in [0.15, 0.2) is 0 Å². The molecule has 2 fully saturated rings. The van der Waals surface area contributed by atoms with E-state index in [1.54, 1.807) is 0 Å². The van der Waals surface area contributed by atoms with Crippen LogP contribution in [0, 0.1) is 11.3 Å². The molecule has 7 heteroatoms. The number of hydrogen-bond acceptors (Lipinski definition) is 6. The molecule has 0 bridgehead atoms. The van der Waals surface area contributed by atoms with Gasteiger partial charge in [-0.3, -0.25) is 4.79 Å². The average Bonchev–Trinajstić information content (AvgIpc) is 3.25.